The smallest absolute Gasteiger partial charge is 0.146 e. The van der Waals surface area contributed by atoms with Crippen molar-refractivity contribution in [1.82, 2.24) is 0 Å². The molecule has 0 aliphatic carbocycles. The van der Waals surface area contributed by atoms with Crippen LogP contribution in [-0.4, -0.2) is 5.11 Å². The summed E-state index contributed by atoms with van der Waals surface area (Å²) in [4.78, 5) is 0. The maximum absolute atomic E-state index is 9.94. The molecule has 0 unspecified atom stereocenters. The second-order valence-electron chi connectivity index (χ2n) is 4.58. The highest BCUT2D eigenvalue weighted by molar-refractivity contribution is 9.10. The molecule has 2 aromatic carbocycles. The molecule has 4 heteroatoms. The molecular formula is C15H15BrN2O. The van der Waals surface area contributed by atoms with Gasteiger partial charge in [-0.15, -0.1) is 5.11 Å². The Morgan fingerprint density at radius 1 is 0.895 bits per heavy atom. The molecule has 2 rings (SSSR count). The molecule has 0 atom stereocenters. The van der Waals surface area contributed by atoms with Gasteiger partial charge >= 0.3 is 0 Å². The molecule has 3 nitrogen and oxygen atoms in total. The van der Waals surface area contributed by atoms with Gasteiger partial charge in [0, 0.05) is 4.47 Å². The molecule has 0 fully saturated rings. The fraction of sp³-hybridized carbons (Fsp3) is 0.200. The van der Waals surface area contributed by atoms with Gasteiger partial charge in [0.2, 0.25) is 0 Å². The lowest BCUT2D eigenvalue weighted by molar-refractivity contribution is 0.472. The van der Waals surface area contributed by atoms with Gasteiger partial charge in [0.05, 0.1) is 5.69 Å². The quantitative estimate of drug-likeness (QED) is 0.730. The maximum atomic E-state index is 9.94. The van der Waals surface area contributed by atoms with Crippen LogP contribution in [0.15, 0.2) is 45.0 Å². The number of aromatic hydroxyl groups is 1. The summed E-state index contributed by atoms with van der Waals surface area (Å²) in [6.45, 7) is 5.86. The fourth-order valence-corrected chi connectivity index (χ4v) is 2.38. The Balaban J connectivity index is 2.38. The van der Waals surface area contributed by atoms with E-state index in [2.05, 4.69) is 32.2 Å². The van der Waals surface area contributed by atoms with E-state index in [0.29, 0.717) is 5.69 Å². The topological polar surface area (TPSA) is 45.0 Å². The summed E-state index contributed by atoms with van der Waals surface area (Å²) in [5.41, 5.74) is 4.30. The molecule has 0 spiro atoms. The number of phenolic OH excluding ortho intramolecular Hbond substituents is 1. The Bertz CT molecular complexity index is 651. The lowest BCUT2D eigenvalue weighted by Crippen LogP contribution is -1.78. The normalized spacial score (nSPS) is 11.2. The second kappa shape index (κ2) is 5.53. The maximum Gasteiger partial charge on any atom is 0.146 e. The van der Waals surface area contributed by atoms with Gasteiger partial charge in [-0.25, -0.2) is 0 Å². The van der Waals surface area contributed by atoms with Gasteiger partial charge in [0.1, 0.15) is 11.4 Å². The zero-order valence-electron chi connectivity index (χ0n) is 11.1. The predicted octanol–water partition coefficient (Wildman–Crippen LogP) is 5.50. The Morgan fingerprint density at radius 2 is 1.58 bits per heavy atom. The second-order valence-corrected chi connectivity index (χ2v) is 5.50. The monoisotopic (exact) mass is 318 g/mol. The van der Waals surface area contributed by atoms with Crippen LogP contribution in [0.4, 0.5) is 11.4 Å². The van der Waals surface area contributed by atoms with Gasteiger partial charge in [-0.3, -0.25) is 0 Å². The first-order valence-electron chi connectivity index (χ1n) is 5.95. The minimum Gasteiger partial charge on any atom is -0.505 e. The summed E-state index contributed by atoms with van der Waals surface area (Å²) in [5.74, 6) is 0.164. The van der Waals surface area contributed by atoms with E-state index < -0.39 is 0 Å². The molecule has 0 amide bonds. The molecule has 98 valence electrons. The zero-order valence-corrected chi connectivity index (χ0v) is 12.7. The van der Waals surface area contributed by atoms with Crippen molar-refractivity contribution in [2.75, 3.05) is 0 Å². The molecule has 0 heterocycles. The largest absolute Gasteiger partial charge is 0.505 e. The summed E-state index contributed by atoms with van der Waals surface area (Å²) >= 11 is 3.38. The van der Waals surface area contributed by atoms with Crippen molar-refractivity contribution in [2.45, 2.75) is 20.8 Å². The first kappa shape index (κ1) is 13.7. The van der Waals surface area contributed by atoms with E-state index >= 15 is 0 Å². The van der Waals surface area contributed by atoms with Crippen molar-refractivity contribution >= 4 is 27.3 Å². The van der Waals surface area contributed by atoms with E-state index in [0.717, 1.165) is 21.3 Å². The van der Waals surface area contributed by atoms with E-state index in [4.69, 9.17) is 0 Å². The average molecular weight is 319 g/mol. The molecule has 0 saturated carbocycles. The van der Waals surface area contributed by atoms with Crippen LogP contribution in [0.5, 0.6) is 5.75 Å². The van der Waals surface area contributed by atoms with Crippen molar-refractivity contribution in [3.05, 3.63) is 51.5 Å². The van der Waals surface area contributed by atoms with E-state index in [1.165, 1.54) is 5.56 Å². The number of azo groups is 1. The number of hydrogen-bond acceptors (Lipinski definition) is 3. The zero-order chi connectivity index (χ0) is 14.0. The van der Waals surface area contributed by atoms with Crippen molar-refractivity contribution in [3.63, 3.8) is 0 Å². The summed E-state index contributed by atoms with van der Waals surface area (Å²) < 4.78 is 0.873. The SMILES string of the molecule is Cc1ccc(N=Nc2cc(Br)cc(C)c2O)c(C)c1. The summed E-state index contributed by atoms with van der Waals surface area (Å²) in [7, 11) is 0. The Labute approximate surface area is 121 Å². The third-order valence-corrected chi connectivity index (χ3v) is 3.32. The third kappa shape index (κ3) is 3.20. The first-order valence-corrected chi connectivity index (χ1v) is 6.75. The van der Waals surface area contributed by atoms with Crippen LogP contribution < -0.4 is 0 Å². The highest BCUT2D eigenvalue weighted by Crippen LogP contribution is 2.34. The summed E-state index contributed by atoms with van der Waals surface area (Å²) in [6.07, 6.45) is 0. The highest BCUT2D eigenvalue weighted by atomic mass is 79.9. The van der Waals surface area contributed by atoms with Gasteiger partial charge in [0.15, 0.2) is 0 Å². The molecule has 0 saturated heterocycles. The molecule has 19 heavy (non-hydrogen) atoms. The van der Waals surface area contributed by atoms with Crippen LogP contribution in [0.25, 0.3) is 0 Å². The standard InChI is InChI=1S/C15H15BrN2O/c1-9-4-5-13(10(2)6-9)17-18-14-8-12(16)7-11(3)15(14)19/h4-8,19H,1-3H3. The van der Waals surface area contributed by atoms with Gasteiger partial charge in [-0.05, 0) is 50.1 Å². The molecule has 0 aliphatic rings. The van der Waals surface area contributed by atoms with Crippen molar-refractivity contribution in [1.29, 1.82) is 0 Å². The van der Waals surface area contributed by atoms with Crippen molar-refractivity contribution in [2.24, 2.45) is 10.2 Å². The molecule has 0 radical (unpaired) electrons. The van der Waals surface area contributed by atoms with Gasteiger partial charge in [-0.2, -0.15) is 5.11 Å². The predicted molar refractivity (Wildman–Crippen MR) is 80.6 cm³/mol. The number of halogens is 1. The number of hydrogen-bond donors (Lipinski definition) is 1. The van der Waals surface area contributed by atoms with Crippen LogP contribution in [0.2, 0.25) is 0 Å². The summed E-state index contributed by atoms with van der Waals surface area (Å²) in [5, 5.41) is 18.3. The van der Waals surface area contributed by atoms with Crippen LogP contribution in [0.3, 0.4) is 0 Å². The van der Waals surface area contributed by atoms with E-state index in [9.17, 15) is 5.11 Å². The number of nitrogens with zero attached hydrogens (tertiary/aromatic N) is 2. The molecule has 0 aromatic heterocycles. The minimum absolute atomic E-state index is 0.164. The van der Waals surface area contributed by atoms with Crippen LogP contribution >= 0.6 is 15.9 Å². The summed E-state index contributed by atoms with van der Waals surface area (Å²) in [6, 6.07) is 9.56. The minimum atomic E-state index is 0.164. The highest BCUT2D eigenvalue weighted by Gasteiger charge is 2.05. The average Bonchev–Trinajstić information content (AvgIpc) is 2.33. The Kier molecular flexibility index (Phi) is 4.00. The lowest BCUT2D eigenvalue weighted by atomic mass is 10.1. The van der Waals surface area contributed by atoms with Gasteiger partial charge in [-0.1, -0.05) is 33.6 Å². The Morgan fingerprint density at radius 3 is 2.26 bits per heavy atom. The number of phenols is 1. The van der Waals surface area contributed by atoms with E-state index in [1.807, 2.05) is 39.0 Å². The lowest BCUT2D eigenvalue weighted by Gasteiger charge is -2.04. The number of aryl methyl sites for hydroxylation is 3. The van der Waals surface area contributed by atoms with Crippen LogP contribution in [0.1, 0.15) is 16.7 Å². The fourth-order valence-electron chi connectivity index (χ4n) is 1.82. The van der Waals surface area contributed by atoms with Crippen molar-refractivity contribution in [3.8, 4) is 5.75 Å². The molecule has 2 aromatic rings. The molecule has 0 bridgehead atoms. The Hall–Kier alpha value is -1.68. The number of benzene rings is 2. The molecule has 1 N–H and O–H groups in total. The molecular weight excluding hydrogens is 304 g/mol. The van der Waals surface area contributed by atoms with Gasteiger partial charge < -0.3 is 5.11 Å². The van der Waals surface area contributed by atoms with Crippen molar-refractivity contribution < 1.29 is 5.11 Å². The van der Waals surface area contributed by atoms with Crippen LogP contribution in [-0.2, 0) is 0 Å². The van der Waals surface area contributed by atoms with E-state index in [-0.39, 0.29) is 5.75 Å². The third-order valence-electron chi connectivity index (χ3n) is 2.86. The van der Waals surface area contributed by atoms with E-state index in [1.54, 1.807) is 6.07 Å². The number of rotatable bonds is 2. The first-order chi connectivity index (χ1) is 8.97. The van der Waals surface area contributed by atoms with Gasteiger partial charge in [0.25, 0.3) is 0 Å². The molecule has 0 aliphatic heterocycles. The van der Waals surface area contributed by atoms with Crippen LogP contribution in [0, 0.1) is 20.8 Å².